The molecule has 1 N–H and O–H groups in total. The first-order valence-electron chi connectivity index (χ1n) is 7.21. The number of nitrogens with zero attached hydrogens (tertiary/aromatic N) is 2. The monoisotopic (exact) mass is 355 g/mol. The Morgan fingerprint density at radius 1 is 1.52 bits per heavy atom. The topological polar surface area (TPSA) is 54.5 Å². The van der Waals surface area contributed by atoms with Crippen LogP contribution in [0, 0.1) is 0 Å². The van der Waals surface area contributed by atoms with Gasteiger partial charge >= 0.3 is 6.09 Å². The van der Waals surface area contributed by atoms with Crippen molar-refractivity contribution in [3.8, 4) is 0 Å². The molecule has 0 aliphatic carbocycles. The Morgan fingerprint density at radius 3 is 2.95 bits per heavy atom. The number of nitrogens with one attached hydrogen (secondary N) is 1. The SMILES string of the molecule is CC(C)(C)OC(=O)N1CCC[C@@H]1CNc1cccc(Br)n1. The molecule has 1 atom stereocenters. The maximum atomic E-state index is 12.2. The number of rotatable bonds is 3. The van der Waals surface area contributed by atoms with E-state index in [1.165, 1.54) is 0 Å². The van der Waals surface area contributed by atoms with Crippen LogP contribution in [-0.4, -0.2) is 40.7 Å². The summed E-state index contributed by atoms with van der Waals surface area (Å²) in [7, 11) is 0. The third kappa shape index (κ3) is 4.88. The van der Waals surface area contributed by atoms with Gasteiger partial charge < -0.3 is 15.0 Å². The number of aromatic nitrogens is 1. The van der Waals surface area contributed by atoms with Gasteiger partial charge in [0.1, 0.15) is 16.0 Å². The summed E-state index contributed by atoms with van der Waals surface area (Å²) in [5, 5.41) is 3.28. The van der Waals surface area contributed by atoms with E-state index >= 15 is 0 Å². The minimum absolute atomic E-state index is 0.153. The van der Waals surface area contributed by atoms with Crippen molar-refractivity contribution in [1.82, 2.24) is 9.88 Å². The van der Waals surface area contributed by atoms with Gasteiger partial charge in [0.05, 0.1) is 6.04 Å². The molecule has 1 saturated heterocycles. The lowest BCUT2D eigenvalue weighted by Crippen LogP contribution is -2.42. The van der Waals surface area contributed by atoms with E-state index in [-0.39, 0.29) is 12.1 Å². The Hall–Kier alpha value is -1.30. The van der Waals surface area contributed by atoms with Crippen LogP contribution in [0.4, 0.5) is 10.6 Å². The van der Waals surface area contributed by atoms with Crippen molar-refractivity contribution in [2.75, 3.05) is 18.4 Å². The zero-order valence-corrected chi connectivity index (χ0v) is 14.3. The minimum Gasteiger partial charge on any atom is -0.444 e. The van der Waals surface area contributed by atoms with Crippen LogP contribution in [0.15, 0.2) is 22.8 Å². The second-order valence-corrected chi connectivity index (χ2v) is 7.01. The lowest BCUT2D eigenvalue weighted by atomic mass is 10.2. The summed E-state index contributed by atoms with van der Waals surface area (Å²) in [5.41, 5.74) is -0.455. The van der Waals surface area contributed by atoms with E-state index in [4.69, 9.17) is 4.74 Å². The minimum atomic E-state index is -0.455. The molecule has 0 radical (unpaired) electrons. The molecule has 2 rings (SSSR count). The first-order valence-corrected chi connectivity index (χ1v) is 8.00. The van der Waals surface area contributed by atoms with E-state index in [1.807, 2.05) is 43.9 Å². The highest BCUT2D eigenvalue weighted by Crippen LogP contribution is 2.21. The molecule has 1 aromatic heterocycles. The molecular formula is C15H22BrN3O2. The smallest absolute Gasteiger partial charge is 0.410 e. The largest absolute Gasteiger partial charge is 0.444 e. The van der Waals surface area contributed by atoms with E-state index in [9.17, 15) is 4.79 Å². The maximum Gasteiger partial charge on any atom is 0.410 e. The normalized spacial score (nSPS) is 18.7. The number of amides is 1. The van der Waals surface area contributed by atoms with Crippen LogP contribution in [0.3, 0.4) is 0 Å². The number of hydrogen-bond acceptors (Lipinski definition) is 4. The number of pyridine rings is 1. The average molecular weight is 356 g/mol. The average Bonchev–Trinajstić information content (AvgIpc) is 2.83. The molecule has 0 aromatic carbocycles. The lowest BCUT2D eigenvalue weighted by molar-refractivity contribution is 0.0235. The predicted octanol–water partition coefficient (Wildman–Crippen LogP) is 3.66. The molecule has 1 amide bonds. The van der Waals surface area contributed by atoms with E-state index in [1.54, 1.807) is 0 Å². The standard InChI is InChI=1S/C15H22BrN3O2/c1-15(2,3)21-14(20)19-9-5-6-11(19)10-17-13-8-4-7-12(16)18-13/h4,7-8,11H,5-6,9-10H2,1-3H3,(H,17,18)/t11-/m1/s1. The molecule has 0 bridgehead atoms. The van der Waals surface area contributed by atoms with E-state index in [0.29, 0.717) is 6.54 Å². The Morgan fingerprint density at radius 2 is 2.29 bits per heavy atom. The number of ether oxygens (including phenoxy) is 1. The third-order valence-electron chi connectivity index (χ3n) is 3.24. The van der Waals surface area contributed by atoms with Crippen LogP contribution in [0.2, 0.25) is 0 Å². The Bertz CT molecular complexity index is 502. The Kier molecular flexibility index (Phi) is 5.08. The summed E-state index contributed by atoms with van der Waals surface area (Å²) >= 11 is 3.35. The van der Waals surface area contributed by atoms with Crippen molar-refractivity contribution in [3.05, 3.63) is 22.8 Å². The fourth-order valence-corrected chi connectivity index (χ4v) is 2.68. The van der Waals surface area contributed by atoms with Crippen molar-refractivity contribution in [3.63, 3.8) is 0 Å². The molecule has 6 heteroatoms. The zero-order valence-electron chi connectivity index (χ0n) is 12.7. The van der Waals surface area contributed by atoms with Crippen molar-refractivity contribution >= 4 is 27.8 Å². The Balaban J connectivity index is 1.91. The fourth-order valence-electron chi connectivity index (χ4n) is 2.34. The number of likely N-dealkylation sites (tertiary alicyclic amines) is 1. The molecule has 0 spiro atoms. The fraction of sp³-hybridized carbons (Fsp3) is 0.600. The van der Waals surface area contributed by atoms with Crippen molar-refractivity contribution in [2.45, 2.75) is 45.3 Å². The van der Waals surface area contributed by atoms with Gasteiger partial charge in [-0.05, 0) is 61.7 Å². The van der Waals surface area contributed by atoms with E-state index in [2.05, 4.69) is 26.2 Å². The van der Waals surface area contributed by atoms with Crippen LogP contribution in [-0.2, 0) is 4.74 Å². The van der Waals surface area contributed by atoms with Crippen molar-refractivity contribution in [1.29, 1.82) is 0 Å². The van der Waals surface area contributed by atoms with Gasteiger partial charge in [-0.3, -0.25) is 0 Å². The van der Waals surface area contributed by atoms with Gasteiger partial charge in [0.2, 0.25) is 0 Å². The Labute approximate surface area is 134 Å². The number of carbonyl (C=O) groups excluding carboxylic acids is 1. The summed E-state index contributed by atoms with van der Waals surface area (Å²) in [5.74, 6) is 0.806. The molecule has 5 nitrogen and oxygen atoms in total. The van der Waals surface area contributed by atoms with Crippen LogP contribution in [0.25, 0.3) is 0 Å². The second-order valence-electron chi connectivity index (χ2n) is 6.20. The highest BCUT2D eigenvalue weighted by Gasteiger charge is 2.31. The van der Waals surface area contributed by atoms with E-state index in [0.717, 1.165) is 29.8 Å². The predicted molar refractivity (Wildman–Crippen MR) is 86.4 cm³/mol. The molecule has 116 valence electrons. The molecular weight excluding hydrogens is 334 g/mol. The van der Waals surface area contributed by atoms with Gasteiger partial charge in [-0.15, -0.1) is 0 Å². The number of halogens is 1. The van der Waals surface area contributed by atoms with Gasteiger partial charge in [0.15, 0.2) is 0 Å². The van der Waals surface area contributed by atoms with Gasteiger partial charge in [0.25, 0.3) is 0 Å². The lowest BCUT2D eigenvalue weighted by Gasteiger charge is -2.28. The highest BCUT2D eigenvalue weighted by atomic mass is 79.9. The molecule has 1 aromatic rings. The number of carbonyl (C=O) groups is 1. The second kappa shape index (κ2) is 6.64. The summed E-state index contributed by atoms with van der Waals surface area (Å²) in [4.78, 5) is 18.3. The quantitative estimate of drug-likeness (QED) is 0.840. The maximum absolute atomic E-state index is 12.2. The van der Waals surface area contributed by atoms with Crippen LogP contribution >= 0.6 is 15.9 Å². The molecule has 0 unspecified atom stereocenters. The summed E-state index contributed by atoms with van der Waals surface area (Å²) < 4.78 is 6.25. The molecule has 1 fully saturated rings. The van der Waals surface area contributed by atoms with Crippen molar-refractivity contribution in [2.24, 2.45) is 0 Å². The van der Waals surface area contributed by atoms with Crippen molar-refractivity contribution < 1.29 is 9.53 Å². The number of anilines is 1. The third-order valence-corrected chi connectivity index (χ3v) is 3.68. The molecule has 1 aliphatic heterocycles. The van der Waals surface area contributed by atoms with Gasteiger partial charge in [-0.25, -0.2) is 9.78 Å². The first kappa shape index (κ1) is 16.1. The van der Waals surface area contributed by atoms with Crippen LogP contribution < -0.4 is 5.32 Å². The van der Waals surface area contributed by atoms with Gasteiger partial charge in [-0.2, -0.15) is 0 Å². The molecule has 1 aliphatic rings. The summed E-state index contributed by atoms with van der Waals surface area (Å²) in [6, 6.07) is 5.88. The molecule has 0 saturated carbocycles. The first-order chi connectivity index (χ1) is 9.85. The zero-order chi connectivity index (χ0) is 15.5. The number of hydrogen-bond donors (Lipinski definition) is 1. The summed E-state index contributed by atoms with van der Waals surface area (Å²) in [6.45, 7) is 7.11. The summed E-state index contributed by atoms with van der Waals surface area (Å²) in [6.07, 6.45) is 1.77. The van der Waals surface area contributed by atoms with Gasteiger partial charge in [0, 0.05) is 13.1 Å². The van der Waals surface area contributed by atoms with Crippen LogP contribution in [0.5, 0.6) is 0 Å². The van der Waals surface area contributed by atoms with E-state index < -0.39 is 5.60 Å². The van der Waals surface area contributed by atoms with Crippen LogP contribution in [0.1, 0.15) is 33.6 Å². The highest BCUT2D eigenvalue weighted by molar-refractivity contribution is 9.10. The molecule has 21 heavy (non-hydrogen) atoms. The molecule has 2 heterocycles. The van der Waals surface area contributed by atoms with Gasteiger partial charge in [-0.1, -0.05) is 6.07 Å².